The lowest BCUT2D eigenvalue weighted by Gasteiger charge is -2.31. The first-order valence-electron chi connectivity index (χ1n) is 11.3. The first-order valence-corrected chi connectivity index (χ1v) is 12.1. The molecule has 182 valence electrons. The normalized spacial score (nSPS) is 15.4. The fourth-order valence-corrected chi connectivity index (χ4v) is 4.57. The smallest absolute Gasteiger partial charge is 0.341 e. The minimum Gasteiger partial charge on any atom is -0.462 e. The molecule has 34 heavy (non-hydrogen) atoms. The van der Waals surface area contributed by atoms with Crippen LogP contribution in [0.5, 0.6) is 0 Å². The Morgan fingerprint density at radius 1 is 1.09 bits per heavy atom. The molecule has 1 fully saturated rings. The minimum absolute atomic E-state index is 0.219. The summed E-state index contributed by atoms with van der Waals surface area (Å²) in [6.45, 7) is 4.16. The van der Waals surface area contributed by atoms with E-state index in [4.69, 9.17) is 9.47 Å². The number of rotatable bonds is 8. The number of thiophene rings is 1. The van der Waals surface area contributed by atoms with Crippen LogP contribution in [0.1, 0.15) is 41.9 Å². The first kappa shape index (κ1) is 25.2. The Kier molecular flexibility index (Phi) is 9.03. The molecule has 1 saturated heterocycles. The summed E-state index contributed by atoms with van der Waals surface area (Å²) in [5.41, 5.74) is 0.964. The maximum absolute atomic E-state index is 12.6. The molecule has 3 rings (SSSR count). The summed E-state index contributed by atoms with van der Waals surface area (Å²) in [4.78, 5) is 52.1. The summed E-state index contributed by atoms with van der Waals surface area (Å²) in [5.74, 6) is -2.09. The van der Waals surface area contributed by atoms with Crippen LogP contribution >= 0.6 is 11.3 Å². The molecule has 2 N–H and O–H groups in total. The number of aryl methyl sites for hydroxylation is 1. The van der Waals surface area contributed by atoms with Crippen molar-refractivity contribution in [2.24, 2.45) is 5.92 Å². The van der Waals surface area contributed by atoms with E-state index in [1.54, 1.807) is 30.0 Å². The van der Waals surface area contributed by atoms with Gasteiger partial charge >= 0.3 is 18.0 Å². The molecule has 2 heterocycles. The molecule has 2 aromatic rings. The number of urea groups is 1. The van der Waals surface area contributed by atoms with Crippen molar-refractivity contribution in [1.29, 1.82) is 0 Å². The lowest BCUT2D eigenvalue weighted by atomic mass is 9.98. The quantitative estimate of drug-likeness (QED) is 0.546. The van der Waals surface area contributed by atoms with Gasteiger partial charge in [-0.05, 0) is 44.4 Å². The van der Waals surface area contributed by atoms with Crippen molar-refractivity contribution >= 4 is 45.9 Å². The van der Waals surface area contributed by atoms with Crippen LogP contribution < -0.4 is 10.6 Å². The van der Waals surface area contributed by atoms with Crippen LogP contribution in [0.15, 0.2) is 36.4 Å². The summed E-state index contributed by atoms with van der Waals surface area (Å²) in [7, 11) is 0. The summed E-state index contributed by atoms with van der Waals surface area (Å²) in [6, 6.07) is 10.5. The van der Waals surface area contributed by atoms with Crippen molar-refractivity contribution in [2.75, 3.05) is 36.9 Å². The van der Waals surface area contributed by atoms with Gasteiger partial charge in [0.1, 0.15) is 5.00 Å². The molecule has 9 nitrogen and oxygen atoms in total. The van der Waals surface area contributed by atoms with E-state index < -0.39 is 30.4 Å². The van der Waals surface area contributed by atoms with Crippen LogP contribution in [0.4, 0.5) is 15.5 Å². The molecular formula is C24H29N3O6S. The number of nitrogens with zero attached hydrogens (tertiary/aromatic N) is 1. The highest BCUT2D eigenvalue weighted by atomic mass is 32.1. The number of benzene rings is 1. The Labute approximate surface area is 202 Å². The Hall–Kier alpha value is -3.40. The van der Waals surface area contributed by atoms with Crippen molar-refractivity contribution in [1.82, 2.24) is 4.90 Å². The molecule has 0 bridgehead atoms. The first-order chi connectivity index (χ1) is 16.4. The van der Waals surface area contributed by atoms with Gasteiger partial charge < -0.3 is 25.0 Å². The SMILES string of the molecule is CCOC(=O)c1cc(CC)sc1NC(=O)COC(=O)C1CCCN(C(=O)Nc2ccccc2)C1. The molecule has 0 saturated carbocycles. The molecule has 10 heteroatoms. The van der Waals surface area contributed by atoms with E-state index >= 15 is 0 Å². The van der Waals surface area contributed by atoms with E-state index in [-0.39, 0.29) is 24.7 Å². The third-order valence-corrected chi connectivity index (χ3v) is 6.49. The van der Waals surface area contributed by atoms with E-state index in [1.165, 1.54) is 11.3 Å². The zero-order valence-corrected chi connectivity index (χ0v) is 20.1. The van der Waals surface area contributed by atoms with Gasteiger partial charge in [0.25, 0.3) is 5.91 Å². The number of amides is 3. The number of ether oxygens (including phenoxy) is 2. The monoisotopic (exact) mass is 487 g/mol. The fourth-order valence-electron chi connectivity index (χ4n) is 3.56. The second kappa shape index (κ2) is 12.2. The van der Waals surface area contributed by atoms with E-state index in [2.05, 4.69) is 10.6 Å². The van der Waals surface area contributed by atoms with Gasteiger partial charge in [0.15, 0.2) is 6.61 Å². The predicted molar refractivity (Wildman–Crippen MR) is 129 cm³/mol. The van der Waals surface area contributed by atoms with Gasteiger partial charge in [0, 0.05) is 23.7 Å². The van der Waals surface area contributed by atoms with Gasteiger partial charge in [0.2, 0.25) is 0 Å². The molecule has 1 aromatic heterocycles. The number of carbonyl (C=O) groups excluding carboxylic acids is 4. The average molecular weight is 488 g/mol. The van der Waals surface area contributed by atoms with Gasteiger partial charge in [-0.1, -0.05) is 25.1 Å². The van der Waals surface area contributed by atoms with Crippen molar-refractivity contribution < 1.29 is 28.7 Å². The third-order valence-electron chi connectivity index (χ3n) is 5.29. The van der Waals surface area contributed by atoms with Gasteiger partial charge in [0.05, 0.1) is 18.1 Å². The van der Waals surface area contributed by atoms with Gasteiger partial charge in [-0.3, -0.25) is 9.59 Å². The van der Waals surface area contributed by atoms with Crippen molar-refractivity contribution in [3.05, 3.63) is 46.8 Å². The van der Waals surface area contributed by atoms with Gasteiger partial charge in [-0.15, -0.1) is 11.3 Å². The molecule has 0 radical (unpaired) electrons. The lowest BCUT2D eigenvalue weighted by Crippen LogP contribution is -2.45. The van der Waals surface area contributed by atoms with E-state index in [1.807, 2.05) is 25.1 Å². The van der Waals surface area contributed by atoms with E-state index in [9.17, 15) is 19.2 Å². The molecule has 0 spiro atoms. The number of carbonyl (C=O) groups is 4. The second-order valence-corrected chi connectivity index (χ2v) is 8.90. The number of likely N-dealkylation sites (tertiary alicyclic amines) is 1. The molecule has 1 aromatic carbocycles. The number of hydrogen-bond acceptors (Lipinski definition) is 7. The highest BCUT2D eigenvalue weighted by Crippen LogP contribution is 2.29. The standard InChI is InChI=1S/C24H29N3O6S/c1-3-18-13-19(23(30)32-4-2)21(34-18)26-20(28)15-33-22(29)16-9-8-12-27(14-16)24(31)25-17-10-6-5-7-11-17/h5-7,10-11,13,16H,3-4,8-9,12,14-15H2,1-2H3,(H,25,31)(H,26,28). The Morgan fingerprint density at radius 2 is 1.85 bits per heavy atom. The summed E-state index contributed by atoms with van der Waals surface area (Å²) in [5, 5.41) is 5.83. The lowest BCUT2D eigenvalue weighted by molar-refractivity contribution is -0.152. The Morgan fingerprint density at radius 3 is 2.56 bits per heavy atom. The van der Waals surface area contributed by atoms with Crippen LogP contribution in [0.3, 0.4) is 0 Å². The summed E-state index contributed by atoms with van der Waals surface area (Å²) < 4.78 is 10.3. The molecule has 3 amide bonds. The maximum Gasteiger partial charge on any atom is 0.341 e. The maximum atomic E-state index is 12.6. The van der Waals surface area contributed by atoms with Crippen LogP contribution in [-0.4, -0.2) is 55.1 Å². The highest BCUT2D eigenvalue weighted by Gasteiger charge is 2.30. The Balaban J connectivity index is 1.51. The molecule has 1 atom stereocenters. The average Bonchev–Trinajstić information content (AvgIpc) is 3.26. The van der Waals surface area contributed by atoms with Crippen molar-refractivity contribution in [3.8, 4) is 0 Å². The summed E-state index contributed by atoms with van der Waals surface area (Å²) in [6.07, 6.45) is 1.94. The van der Waals surface area contributed by atoms with Gasteiger partial charge in [-0.25, -0.2) is 9.59 Å². The molecular weight excluding hydrogens is 458 g/mol. The zero-order chi connectivity index (χ0) is 24.5. The fraction of sp³-hybridized carbons (Fsp3) is 0.417. The number of hydrogen-bond donors (Lipinski definition) is 2. The van der Waals surface area contributed by atoms with Crippen LogP contribution in [0, 0.1) is 5.92 Å². The third kappa shape index (κ3) is 6.80. The molecule has 1 aliphatic heterocycles. The van der Waals surface area contributed by atoms with Crippen molar-refractivity contribution in [2.45, 2.75) is 33.1 Å². The summed E-state index contributed by atoms with van der Waals surface area (Å²) >= 11 is 1.28. The number of anilines is 2. The minimum atomic E-state index is -0.544. The van der Waals surface area contributed by atoms with Crippen molar-refractivity contribution in [3.63, 3.8) is 0 Å². The Bertz CT molecular complexity index is 1020. The van der Waals surface area contributed by atoms with Crippen LogP contribution in [-0.2, 0) is 25.5 Å². The van der Waals surface area contributed by atoms with Crippen LogP contribution in [0.2, 0.25) is 0 Å². The number of esters is 2. The number of piperidine rings is 1. The largest absolute Gasteiger partial charge is 0.462 e. The molecule has 1 aliphatic rings. The highest BCUT2D eigenvalue weighted by molar-refractivity contribution is 7.16. The van der Waals surface area contributed by atoms with E-state index in [0.29, 0.717) is 36.5 Å². The van der Waals surface area contributed by atoms with E-state index in [0.717, 1.165) is 4.88 Å². The van der Waals surface area contributed by atoms with Crippen LogP contribution in [0.25, 0.3) is 0 Å². The van der Waals surface area contributed by atoms with Gasteiger partial charge in [-0.2, -0.15) is 0 Å². The second-order valence-electron chi connectivity index (χ2n) is 7.77. The molecule has 1 unspecified atom stereocenters. The predicted octanol–water partition coefficient (Wildman–Crippen LogP) is 3.91. The topological polar surface area (TPSA) is 114 Å². The zero-order valence-electron chi connectivity index (χ0n) is 19.3. The number of para-hydroxylation sites is 1. The number of nitrogens with one attached hydrogen (secondary N) is 2. The molecule has 0 aliphatic carbocycles.